The van der Waals surface area contributed by atoms with Crippen molar-refractivity contribution in [3.05, 3.63) is 84.3 Å². The third-order valence-corrected chi connectivity index (χ3v) is 4.16. The summed E-state index contributed by atoms with van der Waals surface area (Å²) in [5.41, 5.74) is 1.41. The van der Waals surface area contributed by atoms with Gasteiger partial charge >= 0.3 is 0 Å². The summed E-state index contributed by atoms with van der Waals surface area (Å²) >= 11 is 1.53. The van der Waals surface area contributed by atoms with Gasteiger partial charge < -0.3 is 0 Å². The van der Waals surface area contributed by atoms with Gasteiger partial charge in [0, 0.05) is 22.9 Å². The smallest absolute Gasteiger partial charge is 0.168 e. The van der Waals surface area contributed by atoms with E-state index in [2.05, 4.69) is 9.97 Å². The summed E-state index contributed by atoms with van der Waals surface area (Å²) in [5, 5.41) is 0.776. The van der Waals surface area contributed by atoms with Crippen LogP contribution in [0.5, 0.6) is 0 Å². The molecule has 2 aromatic carbocycles. The van der Waals surface area contributed by atoms with Crippen molar-refractivity contribution in [2.75, 3.05) is 0 Å². The predicted molar refractivity (Wildman–Crippen MR) is 87.1 cm³/mol. The number of rotatable bonds is 5. The van der Waals surface area contributed by atoms with Crippen molar-refractivity contribution >= 4 is 17.5 Å². The largest absolute Gasteiger partial charge is 0.294 e. The van der Waals surface area contributed by atoms with Gasteiger partial charge in [0.2, 0.25) is 0 Å². The van der Waals surface area contributed by atoms with Crippen LogP contribution >= 0.6 is 11.8 Å². The maximum absolute atomic E-state index is 12.3. The van der Waals surface area contributed by atoms with Gasteiger partial charge in [-0.1, -0.05) is 60.3 Å². The SMILES string of the molecule is O=C(Cc1nccnc1Sc1ccccc1)c1ccccc1. The van der Waals surface area contributed by atoms with Gasteiger partial charge in [0.05, 0.1) is 12.1 Å². The molecule has 0 aliphatic rings. The summed E-state index contributed by atoms with van der Waals surface area (Å²) < 4.78 is 0. The molecular formula is C18H14N2OS. The van der Waals surface area contributed by atoms with Crippen molar-refractivity contribution in [1.29, 1.82) is 0 Å². The highest BCUT2D eigenvalue weighted by Gasteiger charge is 2.13. The molecule has 1 heterocycles. The van der Waals surface area contributed by atoms with Crippen molar-refractivity contribution in [1.82, 2.24) is 9.97 Å². The average Bonchev–Trinajstić information content (AvgIpc) is 2.58. The highest BCUT2D eigenvalue weighted by molar-refractivity contribution is 7.99. The summed E-state index contributed by atoms with van der Waals surface area (Å²) in [6.45, 7) is 0. The fraction of sp³-hybridized carbons (Fsp3) is 0.0556. The predicted octanol–water partition coefficient (Wildman–Crippen LogP) is 4.05. The van der Waals surface area contributed by atoms with Crippen LogP contribution in [0.3, 0.4) is 0 Å². The van der Waals surface area contributed by atoms with Crippen LogP contribution in [0, 0.1) is 0 Å². The first kappa shape index (κ1) is 14.5. The van der Waals surface area contributed by atoms with Gasteiger partial charge in [0.25, 0.3) is 0 Å². The highest BCUT2D eigenvalue weighted by Crippen LogP contribution is 2.27. The molecular weight excluding hydrogens is 292 g/mol. The van der Waals surface area contributed by atoms with E-state index in [1.807, 2.05) is 60.7 Å². The lowest BCUT2D eigenvalue weighted by Crippen LogP contribution is -2.06. The third-order valence-electron chi connectivity index (χ3n) is 3.12. The minimum Gasteiger partial charge on any atom is -0.294 e. The lowest BCUT2D eigenvalue weighted by Gasteiger charge is -2.06. The van der Waals surface area contributed by atoms with Crippen LogP contribution in [0.4, 0.5) is 0 Å². The number of nitrogens with zero attached hydrogens (tertiary/aromatic N) is 2. The van der Waals surface area contributed by atoms with Gasteiger partial charge in [0.1, 0.15) is 5.03 Å². The molecule has 0 aliphatic carbocycles. The number of carbonyl (C=O) groups excluding carboxylic acids is 1. The summed E-state index contributed by atoms with van der Waals surface area (Å²) in [6.07, 6.45) is 3.54. The van der Waals surface area contributed by atoms with E-state index in [0.29, 0.717) is 11.3 Å². The Morgan fingerprint density at radius 3 is 2.23 bits per heavy atom. The number of carbonyl (C=O) groups is 1. The quantitative estimate of drug-likeness (QED) is 0.667. The Balaban J connectivity index is 1.81. The van der Waals surface area contributed by atoms with Crippen LogP contribution in [0.25, 0.3) is 0 Å². The molecule has 0 fully saturated rings. The van der Waals surface area contributed by atoms with E-state index in [1.54, 1.807) is 12.4 Å². The zero-order valence-electron chi connectivity index (χ0n) is 11.8. The molecule has 0 saturated carbocycles. The van der Waals surface area contributed by atoms with Gasteiger partial charge in [-0.15, -0.1) is 0 Å². The first-order valence-electron chi connectivity index (χ1n) is 6.94. The molecule has 0 unspecified atom stereocenters. The van der Waals surface area contributed by atoms with E-state index >= 15 is 0 Å². The summed E-state index contributed by atoms with van der Waals surface area (Å²) in [4.78, 5) is 22.1. The van der Waals surface area contributed by atoms with Crippen molar-refractivity contribution < 1.29 is 4.79 Å². The van der Waals surface area contributed by atoms with E-state index in [4.69, 9.17) is 0 Å². The number of ketones is 1. The van der Waals surface area contributed by atoms with Crippen LogP contribution in [0.2, 0.25) is 0 Å². The van der Waals surface area contributed by atoms with Crippen molar-refractivity contribution in [3.8, 4) is 0 Å². The van der Waals surface area contributed by atoms with Gasteiger partial charge in [-0.05, 0) is 12.1 Å². The fourth-order valence-corrected chi connectivity index (χ4v) is 2.91. The highest BCUT2D eigenvalue weighted by atomic mass is 32.2. The van der Waals surface area contributed by atoms with Crippen LogP contribution in [-0.2, 0) is 6.42 Å². The molecule has 108 valence electrons. The monoisotopic (exact) mass is 306 g/mol. The van der Waals surface area contributed by atoms with Gasteiger partial charge in [-0.3, -0.25) is 9.78 Å². The number of Topliss-reactive ketones (excluding diaryl/α,β-unsaturated/α-hetero) is 1. The number of aromatic nitrogens is 2. The van der Waals surface area contributed by atoms with E-state index in [-0.39, 0.29) is 12.2 Å². The van der Waals surface area contributed by atoms with Crippen LogP contribution in [-0.4, -0.2) is 15.8 Å². The Kier molecular flexibility index (Phi) is 4.61. The molecule has 0 bridgehead atoms. The Labute approximate surface area is 133 Å². The molecule has 0 atom stereocenters. The molecule has 4 heteroatoms. The first-order chi connectivity index (χ1) is 10.8. The lowest BCUT2D eigenvalue weighted by atomic mass is 10.1. The van der Waals surface area contributed by atoms with Crippen LogP contribution < -0.4 is 0 Å². The van der Waals surface area contributed by atoms with Crippen molar-refractivity contribution in [2.45, 2.75) is 16.3 Å². The van der Waals surface area contributed by atoms with Gasteiger partial charge in [-0.2, -0.15) is 0 Å². The molecule has 0 N–H and O–H groups in total. The fourth-order valence-electron chi connectivity index (χ4n) is 2.04. The normalized spacial score (nSPS) is 10.4. The Hall–Kier alpha value is -2.46. The number of hydrogen-bond acceptors (Lipinski definition) is 4. The number of benzene rings is 2. The molecule has 0 spiro atoms. The maximum Gasteiger partial charge on any atom is 0.168 e. The lowest BCUT2D eigenvalue weighted by molar-refractivity contribution is 0.0991. The van der Waals surface area contributed by atoms with E-state index < -0.39 is 0 Å². The minimum atomic E-state index is 0.0519. The molecule has 1 aromatic heterocycles. The molecule has 3 nitrogen and oxygen atoms in total. The van der Waals surface area contributed by atoms with E-state index in [0.717, 1.165) is 9.92 Å². The molecule has 3 rings (SSSR count). The second kappa shape index (κ2) is 7.00. The van der Waals surface area contributed by atoms with Gasteiger partial charge in [0.15, 0.2) is 5.78 Å². The molecule has 3 aromatic rings. The van der Waals surface area contributed by atoms with Crippen LogP contribution in [0.15, 0.2) is 83.0 Å². The van der Waals surface area contributed by atoms with E-state index in [1.165, 1.54) is 11.8 Å². The molecule has 22 heavy (non-hydrogen) atoms. The Morgan fingerprint density at radius 1 is 0.864 bits per heavy atom. The first-order valence-corrected chi connectivity index (χ1v) is 7.75. The number of hydrogen-bond donors (Lipinski definition) is 0. The minimum absolute atomic E-state index is 0.0519. The summed E-state index contributed by atoms with van der Waals surface area (Å²) in [6, 6.07) is 19.2. The second-order valence-corrected chi connectivity index (χ2v) is 5.75. The zero-order valence-corrected chi connectivity index (χ0v) is 12.7. The Bertz CT molecular complexity index is 760. The summed E-state index contributed by atoms with van der Waals surface area (Å²) in [5.74, 6) is 0.0519. The Morgan fingerprint density at radius 2 is 1.50 bits per heavy atom. The van der Waals surface area contributed by atoms with E-state index in [9.17, 15) is 4.79 Å². The second-order valence-electron chi connectivity index (χ2n) is 4.69. The van der Waals surface area contributed by atoms with Crippen molar-refractivity contribution in [2.24, 2.45) is 0 Å². The molecule has 0 amide bonds. The average molecular weight is 306 g/mol. The maximum atomic E-state index is 12.3. The standard InChI is InChI=1S/C18H14N2OS/c21-17(14-7-3-1-4-8-14)13-16-18(20-12-11-19-16)22-15-9-5-2-6-10-15/h1-12H,13H2. The van der Waals surface area contributed by atoms with Crippen LogP contribution in [0.1, 0.15) is 16.1 Å². The zero-order chi connectivity index (χ0) is 15.2. The molecule has 0 aliphatic heterocycles. The topological polar surface area (TPSA) is 42.9 Å². The molecule has 0 radical (unpaired) electrons. The third kappa shape index (κ3) is 3.59. The molecule has 0 saturated heterocycles. The van der Waals surface area contributed by atoms with Gasteiger partial charge in [-0.25, -0.2) is 4.98 Å². The summed E-state index contributed by atoms with van der Waals surface area (Å²) in [7, 11) is 0. The van der Waals surface area contributed by atoms with Crippen molar-refractivity contribution in [3.63, 3.8) is 0 Å².